The second-order valence-electron chi connectivity index (χ2n) is 6.09. The van der Waals surface area contributed by atoms with E-state index >= 15 is 0 Å². The van der Waals surface area contributed by atoms with Gasteiger partial charge >= 0.3 is 12.1 Å². The van der Waals surface area contributed by atoms with Crippen LogP contribution in [0.4, 0.5) is 13.2 Å². The number of hydrogen-bond donors (Lipinski definition) is 1. The van der Waals surface area contributed by atoms with Crippen molar-refractivity contribution in [2.24, 2.45) is 0 Å². The number of carboxylic acid groups (broad SMARTS) is 1. The predicted molar refractivity (Wildman–Crippen MR) is 81.0 cm³/mol. The summed E-state index contributed by atoms with van der Waals surface area (Å²) in [6, 6.07) is 2.62. The van der Waals surface area contributed by atoms with Crippen molar-refractivity contribution in [3.8, 4) is 0 Å². The van der Waals surface area contributed by atoms with Gasteiger partial charge in [0.05, 0.1) is 31.3 Å². The second kappa shape index (κ2) is 8.68. The average molecular weight is 365 g/mol. The van der Waals surface area contributed by atoms with Gasteiger partial charge in [0, 0.05) is 31.8 Å². The van der Waals surface area contributed by atoms with Crippen LogP contribution in [0, 0.1) is 0 Å². The van der Waals surface area contributed by atoms with Crippen LogP contribution in [0.25, 0.3) is 0 Å². The van der Waals surface area contributed by atoms with Crippen LogP contribution in [0.1, 0.15) is 24.8 Å². The Bertz CT molecular complexity index is 534. The number of likely N-dealkylation sites (tertiary alicyclic amines) is 1. The molecule has 1 N–H and O–H groups in total. The molecule has 1 aromatic heterocycles. The number of fused-ring (bicyclic) bond motifs is 1. The normalized spacial score (nSPS) is 26.6. The van der Waals surface area contributed by atoms with Gasteiger partial charge in [-0.25, -0.2) is 4.79 Å². The minimum absolute atomic E-state index is 0.296. The highest BCUT2D eigenvalue weighted by molar-refractivity contribution is 5.73. The van der Waals surface area contributed by atoms with Gasteiger partial charge in [-0.1, -0.05) is 0 Å². The lowest BCUT2D eigenvalue weighted by Crippen LogP contribution is -2.43. The number of rotatable bonds is 4. The zero-order chi connectivity index (χ0) is 18.4. The number of carboxylic acids is 1. The zero-order valence-corrected chi connectivity index (χ0v) is 13.9. The van der Waals surface area contributed by atoms with Crippen LogP contribution in [0.2, 0.25) is 0 Å². The van der Waals surface area contributed by atoms with Crippen LogP contribution in [-0.4, -0.2) is 60.7 Å². The minimum atomic E-state index is -5.08. The smallest absolute Gasteiger partial charge is 0.475 e. The summed E-state index contributed by atoms with van der Waals surface area (Å²) in [7, 11) is 1.75. The van der Waals surface area contributed by atoms with E-state index in [1.807, 2.05) is 12.3 Å². The number of methoxy groups -OCH3 is 1. The molecule has 6 nitrogen and oxygen atoms in total. The quantitative estimate of drug-likeness (QED) is 0.885. The molecule has 25 heavy (non-hydrogen) atoms. The number of ether oxygens (including phenoxy) is 2. The van der Waals surface area contributed by atoms with Crippen LogP contribution in [0.3, 0.4) is 0 Å². The van der Waals surface area contributed by atoms with Gasteiger partial charge in [-0.15, -0.1) is 0 Å². The first kappa shape index (κ1) is 19.7. The van der Waals surface area contributed by atoms with Gasteiger partial charge < -0.3 is 19.0 Å². The van der Waals surface area contributed by atoms with E-state index < -0.39 is 12.1 Å². The highest BCUT2D eigenvalue weighted by atomic mass is 19.4. The van der Waals surface area contributed by atoms with Crippen molar-refractivity contribution in [2.45, 2.75) is 50.2 Å². The Morgan fingerprint density at radius 2 is 2.12 bits per heavy atom. The van der Waals surface area contributed by atoms with E-state index in [1.54, 1.807) is 13.4 Å². The fourth-order valence-electron chi connectivity index (χ4n) is 3.21. The lowest BCUT2D eigenvalue weighted by atomic mass is 9.99. The van der Waals surface area contributed by atoms with Gasteiger partial charge in [0.1, 0.15) is 0 Å². The highest BCUT2D eigenvalue weighted by Crippen LogP contribution is 2.32. The maximum Gasteiger partial charge on any atom is 0.490 e. The van der Waals surface area contributed by atoms with E-state index in [1.165, 1.54) is 12.0 Å². The first-order chi connectivity index (χ1) is 11.8. The molecule has 2 aliphatic heterocycles. The maximum atomic E-state index is 10.6. The van der Waals surface area contributed by atoms with Gasteiger partial charge in [0.25, 0.3) is 0 Å². The number of alkyl halides is 3. The molecule has 0 bridgehead atoms. The molecular formula is C16H22F3NO5. The van der Waals surface area contributed by atoms with E-state index in [0.29, 0.717) is 18.2 Å². The summed E-state index contributed by atoms with van der Waals surface area (Å²) in [5, 5.41) is 7.12. The Morgan fingerprint density at radius 1 is 1.40 bits per heavy atom. The highest BCUT2D eigenvalue weighted by Gasteiger charge is 2.39. The van der Waals surface area contributed by atoms with E-state index in [-0.39, 0.29) is 0 Å². The van der Waals surface area contributed by atoms with Crippen LogP contribution in [-0.2, 0) is 20.8 Å². The molecule has 0 saturated carbocycles. The minimum Gasteiger partial charge on any atom is -0.475 e. The molecule has 142 valence electrons. The SMILES string of the molecule is COC[C@H]1CC[C@@H]2[C@@H](CCN2Cc2ccoc2)O1.O=C(O)C(F)(F)F. The Kier molecular flexibility index (Phi) is 6.86. The zero-order valence-electron chi connectivity index (χ0n) is 13.9. The Labute approximate surface area is 143 Å². The number of carbonyl (C=O) groups is 1. The first-order valence-electron chi connectivity index (χ1n) is 8.01. The molecule has 2 fully saturated rings. The van der Waals surface area contributed by atoms with E-state index in [2.05, 4.69) is 4.90 Å². The van der Waals surface area contributed by atoms with Crippen LogP contribution in [0.15, 0.2) is 23.0 Å². The van der Waals surface area contributed by atoms with Gasteiger partial charge in [0.15, 0.2) is 0 Å². The lowest BCUT2D eigenvalue weighted by Gasteiger charge is -2.35. The fourth-order valence-corrected chi connectivity index (χ4v) is 3.21. The van der Waals surface area contributed by atoms with Crippen molar-refractivity contribution in [3.05, 3.63) is 24.2 Å². The third-order valence-electron chi connectivity index (χ3n) is 4.31. The molecule has 0 unspecified atom stereocenters. The second-order valence-corrected chi connectivity index (χ2v) is 6.09. The van der Waals surface area contributed by atoms with E-state index in [0.717, 1.165) is 32.5 Å². The topological polar surface area (TPSA) is 72.1 Å². The van der Waals surface area contributed by atoms with Crippen LogP contribution >= 0.6 is 0 Å². The molecule has 0 aliphatic carbocycles. The third-order valence-corrected chi connectivity index (χ3v) is 4.31. The summed E-state index contributed by atoms with van der Waals surface area (Å²) in [4.78, 5) is 11.4. The van der Waals surface area contributed by atoms with Crippen molar-refractivity contribution >= 4 is 5.97 Å². The molecule has 2 saturated heterocycles. The number of aliphatic carboxylic acids is 1. The first-order valence-corrected chi connectivity index (χ1v) is 8.01. The van der Waals surface area contributed by atoms with Crippen molar-refractivity contribution in [2.75, 3.05) is 20.3 Å². The molecule has 9 heteroatoms. The number of nitrogens with zero attached hydrogens (tertiary/aromatic N) is 1. The summed E-state index contributed by atoms with van der Waals surface area (Å²) < 4.78 is 48.2. The molecule has 0 spiro atoms. The van der Waals surface area contributed by atoms with Gasteiger partial charge in [-0.2, -0.15) is 13.2 Å². The molecule has 3 heterocycles. The Balaban J connectivity index is 0.000000277. The molecule has 1 aromatic rings. The molecule has 0 radical (unpaired) electrons. The van der Waals surface area contributed by atoms with E-state index in [9.17, 15) is 13.2 Å². The molecule has 3 rings (SSSR count). The standard InChI is InChI=1S/C14H21NO3.C2HF3O2/c1-16-10-12-2-3-13-14(18-12)4-6-15(13)8-11-5-7-17-9-11;3-2(4,5)1(6)7/h5,7,9,12-14H,2-4,6,8,10H2,1H3;(H,6,7)/t12-,13-,14-;/m1./s1. The summed E-state index contributed by atoms with van der Waals surface area (Å²) in [5.74, 6) is -2.76. The monoisotopic (exact) mass is 365 g/mol. The molecule has 0 aromatic carbocycles. The lowest BCUT2D eigenvalue weighted by molar-refractivity contribution is -0.192. The maximum absolute atomic E-state index is 10.6. The number of halogens is 3. The average Bonchev–Trinajstić information content (AvgIpc) is 3.18. The van der Waals surface area contributed by atoms with Crippen LogP contribution < -0.4 is 0 Å². The molecule has 3 atom stereocenters. The third kappa shape index (κ3) is 5.72. The van der Waals surface area contributed by atoms with Crippen molar-refractivity contribution in [1.29, 1.82) is 0 Å². The summed E-state index contributed by atoms with van der Waals surface area (Å²) in [6.45, 7) is 2.83. The predicted octanol–water partition coefficient (Wildman–Crippen LogP) is 2.68. The van der Waals surface area contributed by atoms with Crippen LogP contribution in [0.5, 0.6) is 0 Å². The van der Waals surface area contributed by atoms with Gasteiger partial charge in [-0.3, -0.25) is 4.90 Å². The number of furan rings is 1. The fraction of sp³-hybridized carbons (Fsp3) is 0.688. The summed E-state index contributed by atoms with van der Waals surface area (Å²) in [6.07, 6.45) is 2.66. The van der Waals surface area contributed by atoms with Gasteiger partial charge in [-0.05, 0) is 25.3 Å². The molecular weight excluding hydrogens is 343 g/mol. The van der Waals surface area contributed by atoms with Crippen molar-refractivity contribution < 1.29 is 37.0 Å². The van der Waals surface area contributed by atoms with Gasteiger partial charge in [0.2, 0.25) is 0 Å². The van der Waals surface area contributed by atoms with E-state index in [4.69, 9.17) is 23.8 Å². The Hall–Kier alpha value is -1.58. The Morgan fingerprint density at radius 3 is 2.68 bits per heavy atom. The summed E-state index contributed by atoms with van der Waals surface area (Å²) in [5.41, 5.74) is 1.26. The molecule has 0 amide bonds. The van der Waals surface area contributed by atoms with Crippen molar-refractivity contribution in [1.82, 2.24) is 4.90 Å². The number of hydrogen-bond acceptors (Lipinski definition) is 5. The largest absolute Gasteiger partial charge is 0.490 e. The molecule has 2 aliphatic rings. The summed E-state index contributed by atoms with van der Waals surface area (Å²) >= 11 is 0. The van der Waals surface area contributed by atoms with Crippen molar-refractivity contribution in [3.63, 3.8) is 0 Å².